The number of carbonyl (C=O) groups excluding carboxylic acids is 1. The molecule has 1 aromatic heterocycles. The van der Waals surface area contributed by atoms with Gasteiger partial charge in [-0.1, -0.05) is 18.2 Å². The molecule has 6 heteroatoms. The van der Waals surface area contributed by atoms with Gasteiger partial charge in [0.2, 0.25) is 0 Å². The van der Waals surface area contributed by atoms with Crippen molar-refractivity contribution in [2.24, 2.45) is 0 Å². The molecule has 3 rings (SSSR count). The van der Waals surface area contributed by atoms with Gasteiger partial charge in [-0.05, 0) is 56.2 Å². The summed E-state index contributed by atoms with van der Waals surface area (Å²) >= 11 is 0. The van der Waals surface area contributed by atoms with Gasteiger partial charge in [-0.15, -0.1) is 0 Å². The highest BCUT2D eigenvalue weighted by molar-refractivity contribution is 5.97. The zero-order valence-electron chi connectivity index (χ0n) is 16.2. The normalized spacial score (nSPS) is 10.7. The van der Waals surface area contributed by atoms with E-state index in [1.54, 1.807) is 18.2 Å². The average molecular weight is 381 g/mol. The standard InChI is InChI=1S/C22H23NO5/c1-4-26-19-7-5-6-16-13-18(22(25)28-20(16)19)21(24)23-8-9-27-17-11-14(2)10-15(3)12-17/h5-7,10-13H,4,8-9H2,1-3H3,(H,23,24). The summed E-state index contributed by atoms with van der Waals surface area (Å²) in [7, 11) is 0. The molecular weight excluding hydrogens is 358 g/mol. The maximum absolute atomic E-state index is 12.4. The lowest BCUT2D eigenvalue weighted by Crippen LogP contribution is -2.31. The van der Waals surface area contributed by atoms with E-state index < -0.39 is 11.5 Å². The molecule has 1 amide bonds. The molecule has 0 saturated heterocycles. The first kappa shape index (κ1) is 19.5. The molecule has 0 aliphatic heterocycles. The fourth-order valence-corrected chi connectivity index (χ4v) is 2.99. The Morgan fingerprint density at radius 2 is 1.82 bits per heavy atom. The van der Waals surface area contributed by atoms with Crippen LogP contribution in [0.4, 0.5) is 0 Å². The number of hydrogen-bond donors (Lipinski definition) is 1. The Hall–Kier alpha value is -3.28. The van der Waals surface area contributed by atoms with Crippen molar-refractivity contribution in [2.75, 3.05) is 19.8 Å². The van der Waals surface area contributed by atoms with Crippen LogP contribution in [0.25, 0.3) is 11.0 Å². The number of fused-ring (bicyclic) bond motifs is 1. The topological polar surface area (TPSA) is 77.8 Å². The summed E-state index contributed by atoms with van der Waals surface area (Å²) in [4.78, 5) is 24.6. The molecule has 0 saturated carbocycles. The number of para-hydroxylation sites is 1. The summed E-state index contributed by atoms with van der Waals surface area (Å²) in [5.41, 5.74) is 1.81. The highest BCUT2D eigenvalue weighted by Gasteiger charge is 2.15. The molecule has 0 unspecified atom stereocenters. The highest BCUT2D eigenvalue weighted by Crippen LogP contribution is 2.24. The molecule has 0 fully saturated rings. The van der Waals surface area contributed by atoms with Gasteiger partial charge in [0.05, 0.1) is 13.2 Å². The van der Waals surface area contributed by atoms with Crippen LogP contribution in [0.5, 0.6) is 11.5 Å². The first-order valence-corrected chi connectivity index (χ1v) is 9.17. The molecule has 3 aromatic rings. The van der Waals surface area contributed by atoms with E-state index in [9.17, 15) is 9.59 Å². The van der Waals surface area contributed by atoms with Gasteiger partial charge in [0.15, 0.2) is 11.3 Å². The zero-order chi connectivity index (χ0) is 20.1. The van der Waals surface area contributed by atoms with Crippen LogP contribution in [0.1, 0.15) is 28.4 Å². The van der Waals surface area contributed by atoms with E-state index in [-0.39, 0.29) is 12.1 Å². The van der Waals surface area contributed by atoms with Crippen molar-refractivity contribution < 1.29 is 18.7 Å². The van der Waals surface area contributed by atoms with Crippen molar-refractivity contribution >= 4 is 16.9 Å². The first-order valence-electron chi connectivity index (χ1n) is 9.17. The van der Waals surface area contributed by atoms with Gasteiger partial charge in [-0.3, -0.25) is 4.79 Å². The number of rotatable bonds is 7. The van der Waals surface area contributed by atoms with E-state index >= 15 is 0 Å². The van der Waals surface area contributed by atoms with Gasteiger partial charge in [-0.2, -0.15) is 0 Å². The van der Waals surface area contributed by atoms with Crippen LogP contribution in [-0.4, -0.2) is 25.7 Å². The molecule has 2 aromatic carbocycles. The van der Waals surface area contributed by atoms with Crippen LogP contribution in [0.15, 0.2) is 51.7 Å². The van der Waals surface area contributed by atoms with Crippen molar-refractivity contribution in [3.05, 3.63) is 69.6 Å². The number of aryl methyl sites for hydroxylation is 2. The van der Waals surface area contributed by atoms with Gasteiger partial charge in [0.25, 0.3) is 5.91 Å². The van der Waals surface area contributed by atoms with Crippen molar-refractivity contribution in [3.8, 4) is 11.5 Å². The number of amides is 1. The van der Waals surface area contributed by atoms with Crippen LogP contribution >= 0.6 is 0 Å². The lowest BCUT2D eigenvalue weighted by molar-refractivity contribution is 0.0943. The van der Waals surface area contributed by atoms with Crippen LogP contribution in [0.3, 0.4) is 0 Å². The van der Waals surface area contributed by atoms with Crippen molar-refractivity contribution in [1.82, 2.24) is 5.32 Å². The van der Waals surface area contributed by atoms with E-state index in [1.807, 2.05) is 32.9 Å². The number of carbonyl (C=O) groups is 1. The van der Waals surface area contributed by atoms with Crippen LogP contribution < -0.4 is 20.4 Å². The quantitative estimate of drug-likeness (QED) is 0.500. The monoisotopic (exact) mass is 381 g/mol. The molecule has 1 heterocycles. The number of benzene rings is 2. The predicted octanol–water partition coefficient (Wildman–Crippen LogP) is 3.62. The molecule has 0 atom stereocenters. The molecule has 1 N–H and O–H groups in total. The maximum atomic E-state index is 12.4. The maximum Gasteiger partial charge on any atom is 0.349 e. The molecule has 0 aliphatic carbocycles. The Balaban J connectivity index is 1.66. The zero-order valence-corrected chi connectivity index (χ0v) is 16.2. The molecule has 146 valence electrons. The Labute approximate surface area is 163 Å². The minimum Gasteiger partial charge on any atom is -0.492 e. The Bertz CT molecular complexity index is 1030. The lowest BCUT2D eigenvalue weighted by atomic mass is 10.1. The summed E-state index contributed by atoms with van der Waals surface area (Å²) in [6, 6.07) is 12.7. The molecule has 28 heavy (non-hydrogen) atoms. The largest absolute Gasteiger partial charge is 0.492 e. The minimum atomic E-state index is -0.701. The molecule has 0 bridgehead atoms. The van der Waals surface area contributed by atoms with Crippen molar-refractivity contribution in [3.63, 3.8) is 0 Å². The van der Waals surface area contributed by atoms with Crippen LogP contribution in [0, 0.1) is 13.8 Å². The summed E-state index contributed by atoms with van der Waals surface area (Å²) in [5, 5.41) is 3.32. The Kier molecular flexibility index (Phi) is 5.99. The third-order valence-corrected chi connectivity index (χ3v) is 4.12. The molecule has 0 spiro atoms. The Morgan fingerprint density at radius 1 is 1.07 bits per heavy atom. The molecule has 0 aliphatic rings. The first-order chi connectivity index (χ1) is 13.5. The SMILES string of the molecule is CCOc1cccc2cc(C(=O)NCCOc3cc(C)cc(C)c3)c(=O)oc12. The molecular formula is C22H23NO5. The van der Waals surface area contributed by atoms with Gasteiger partial charge >= 0.3 is 5.63 Å². The van der Waals surface area contributed by atoms with Crippen molar-refractivity contribution in [1.29, 1.82) is 0 Å². The van der Waals surface area contributed by atoms with Crippen LogP contribution in [-0.2, 0) is 0 Å². The van der Waals surface area contributed by atoms with Crippen molar-refractivity contribution in [2.45, 2.75) is 20.8 Å². The summed E-state index contributed by atoms with van der Waals surface area (Å²) in [6.45, 7) is 6.85. The summed E-state index contributed by atoms with van der Waals surface area (Å²) < 4.78 is 16.5. The number of hydrogen-bond acceptors (Lipinski definition) is 5. The lowest BCUT2D eigenvalue weighted by Gasteiger charge is -2.10. The summed E-state index contributed by atoms with van der Waals surface area (Å²) in [6.07, 6.45) is 0. The highest BCUT2D eigenvalue weighted by atomic mass is 16.5. The Morgan fingerprint density at radius 3 is 2.54 bits per heavy atom. The van der Waals surface area contributed by atoms with Gasteiger partial charge < -0.3 is 19.2 Å². The fraction of sp³-hybridized carbons (Fsp3) is 0.273. The minimum absolute atomic E-state index is 0.0486. The second-order valence-corrected chi connectivity index (χ2v) is 6.48. The summed E-state index contributed by atoms with van der Waals surface area (Å²) in [5.74, 6) is 0.729. The fourth-order valence-electron chi connectivity index (χ4n) is 2.99. The van der Waals surface area contributed by atoms with E-state index in [1.165, 1.54) is 6.07 Å². The average Bonchev–Trinajstić information content (AvgIpc) is 2.64. The van der Waals surface area contributed by atoms with Gasteiger partial charge in [-0.25, -0.2) is 4.79 Å². The smallest absolute Gasteiger partial charge is 0.349 e. The van der Waals surface area contributed by atoms with Gasteiger partial charge in [0.1, 0.15) is 17.9 Å². The second kappa shape index (κ2) is 8.61. The van der Waals surface area contributed by atoms with Gasteiger partial charge in [0, 0.05) is 5.39 Å². The predicted molar refractivity (Wildman–Crippen MR) is 107 cm³/mol. The number of ether oxygens (including phenoxy) is 2. The van der Waals surface area contributed by atoms with E-state index in [4.69, 9.17) is 13.9 Å². The van der Waals surface area contributed by atoms with E-state index in [0.717, 1.165) is 16.9 Å². The second-order valence-electron chi connectivity index (χ2n) is 6.48. The van der Waals surface area contributed by atoms with E-state index in [2.05, 4.69) is 11.4 Å². The van der Waals surface area contributed by atoms with E-state index in [0.29, 0.717) is 29.9 Å². The number of nitrogens with one attached hydrogen (secondary N) is 1. The molecule has 6 nitrogen and oxygen atoms in total. The molecule has 0 radical (unpaired) electrons. The third-order valence-electron chi connectivity index (χ3n) is 4.12. The third kappa shape index (κ3) is 4.52. The van der Waals surface area contributed by atoms with Crippen LogP contribution in [0.2, 0.25) is 0 Å².